The van der Waals surface area contributed by atoms with Crippen LogP contribution >= 0.6 is 0 Å². The number of carbonyl (C=O) groups excluding carboxylic acids is 3. The molecule has 4 aliphatic rings. The quantitative estimate of drug-likeness (QED) is 0.723. The zero-order valence-corrected chi connectivity index (χ0v) is 16.6. The molecule has 7 heteroatoms. The summed E-state index contributed by atoms with van der Waals surface area (Å²) in [7, 11) is 1.57. The van der Waals surface area contributed by atoms with Crippen LogP contribution in [0, 0.1) is 11.8 Å². The van der Waals surface area contributed by atoms with Gasteiger partial charge in [0.05, 0.1) is 25.0 Å². The molecule has 6 rings (SSSR count). The summed E-state index contributed by atoms with van der Waals surface area (Å²) in [5.74, 6) is -1.12. The molecule has 7 nitrogen and oxygen atoms in total. The van der Waals surface area contributed by atoms with Crippen LogP contribution in [0.25, 0.3) is 0 Å². The van der Waals surface area contributed by atoms with Crippen LogP contribution in [0.4, 0.5) is 11.4 Å². The molecule has 1 unspecified atom stereocenters. The number of nitrogens with one attached hydrogen (secondary N) is 2. The summed E-state index contributed by atoms with van der Waals surface area (Å²) in [6.07, 6.45) is 1.80. The van der Waals surface area contributed by atoms with Gasteiger partial charge in [0.25, 0.3) is 5.91 Å². The summed E-state index contributed by atoms with van der Waals surface area (Å²) in [6.45, 7) is 0.794. The fourth-order valence-electron chi connectivity index (χ4n) is 6.40. The molecule has 4 aliphatic heterocycles. The molecule has 2 aromatic carbocycles. The van der Waals surface area contributed by atoms with Crippen molar-refractivity contribution in [2.75, 3.05) is 23.9 Å². The van der Waals surface area contributed by atoms with Gasteiger partial charge >= 0.3 is 0 Å². The fourth-order valence-corrected chi connectivity index (χ4v) is 6.40. The second-order valence-corrected chi connectivity index (χ2v) is 8.55. The molecule has 0 aromatic heterocycles. The van der Waals surface area contributed by atoms with Gasteiger partial charge in [0, 0.05) is 18.4 Å². The molecule has 0 radical (unpaired) electrons. The maximum atomic E-state index is 13.8. The highest BCUT2D eigenvalue weighted by molar-refractivity contribution is 6.25. The lowest BCUT2D eigenvalue weighted by molar-refractivity contribution is -0.948. The Morgan fingerprint density at radius 2 is 1.83 bits per heavy atom. The zero-order chi connectivity index (χ0) is 20.6. The molecule has 1 spiro atoms. The number of para-hydroxylation sites is 1. The number of hydrogen-bond acceptors (Lipinski definition) is 4. The van der Waals surface area contributed by atoms with Crippen molar-refractivity contribution in [2.45, 2.75) is 24.4 Å². The van der Waals surface area contributed by atoms with E-state index in [9.17, 15) is 14.4 Å². The van der Waals surface area contributed by atoms with Crippen molar-refractivity contribution in [1.29, 1.82) is 0 Å². The molecule has 3 saturated heterocycles. The van der Waals surface area contributed by atoms with Crippen LogP contribution in [0.15, 0.2) is 48.5 Å². The van der Waals surface area contributed by atoms with E-state index in [0.29, 0.717) is 11.4 Å². The number of imide groups is 1. The minimum atomic E-state index is -1.03. The van der Waals surface area contributed by atoms with Crippen LogP contribution in [-0.2, 0) is 19.9 Å². The van der Waals surface area contributed by atoms with Crippen LogP contribution in [0.5, 0.6) is 5.75 Å². The van der Waals surface area contributed by atoms with Crippen molar-refractivity contribution in [3.8, 4) is 5.75 Å². The van der Waals surface area contributed by atoms with E-state index in [1.54, 1.807) is 31.4 Å². The largest absolute Gasteiger partial charge is 0.497 e. The van der Waals surface area contributed by atoms with E-state index in [1.807, 2.05) is 24.3 Å². The Balaban J connectivity index is 1.52. The first-order valence-electron chi connectivity index (χ1n) is 10.4. The lowest BCUT2D eigenvalue weighted by atomic mass is 9.75. The number of quaternary nitrogens is 1. The summed E-state index contributed by atoms with van der Waals surface area (Å²) >= 11 is 0. The number of ether oxygens (including phenoxy) is 1. The number of anilines is 2. The van der Waals surface area contributed by atoms with E-state index in [2.05, 4.69) is 5.32 Å². The highest BCUT2D eigenvalue weighted by Gasteiger charge is 2.78. The van der Waals surface area contributed by atoms with Gasteiger partial charge in [-0.25, -0.2) is 4.90 Å². The number of benzene rings is 2. The van der Waals surface area contributed by atoms with Crippen LogP contribution in [-0.4, -0.2) is 37.4 Å². The van der Waals surface area contributed by atoms with Gasteiger partial charge in [0.15, 0.2) is 0 Å². The Morgan fingerprint density at radius 3 is 2.60 bits per heavy atom. The number of nitrogens with zero attached hydrogens (tertiary/aromatic N) is 1. The minimum Gasteiger partial charge on any atom is -0.497 e. The molecule has 152 valence electrons. The summed E-state index contributed by atoms with van der Waals surface area (Å²) < 4.78 is 5.20. The van der Waals surface area contributed by atoms with Gasteiger partial charge < -0.3 is 15.0 Å². The molecule has 30 heavy (non-hydrogen) atoms. The molecule has 0 aliphatic carbocycles. The van der Waals surface area contributed by atoms with Crippen molar-refractivity contribution in [2.24, 2.45) is 11.8 Å². The van der Waals surface area contributed by atoms with Crippen molar-refractivity contribution < 1.29 is 24.0 Å². The first-order valence-corrected chi connectivity index (χ1v) is 10.4. The van der Waals surface area contributed by atoms with Crippen LogP contribution in [0.1, 0.15) is 18.4 Å². The lowest BCUT2D eigenvalue weighted by Gasteiger charge is -2.33. The van der Waals surface area contributed by atoms with Crippen molar-refractivity contribution in [1.82, 2.24) is 0 Å². The number of amides is 3. The predicted octanol–water partition coefficient (Wildman–Crippen LogP) is 0.709. The third kappa shape index (κ3) is 1.91. The average molecular weight is 404 g/mol. The average Bonchev–Trinajstić information content (AvgIpc) is 3.46. The van der Waals surface area contributed by atoms with Gasteiger partial charge in [-0.05, 0) is 30.3 Å². The highest BCUT2D eigenvalue weighted by atomic mass is 16.5. The number of carbonyl (C=O) groups is 3. The number of hydrogen-bond donors (Lipinski definition) is 2. The van der Waals surface area contributed by atoms with Crippen LogP contribution in [0.3, 0.4) is 0 Å². The van der Waals surface area contributed by atoms with Gasteiger partial charge in [-0.1, -0.05) is 18.2 Å². The molecular formula is C23H22N3O4+. The summed E-state index contributed by atoms with van der Waals surface area (Å²) in [4.78, 5) is 43.2. The monoisotopic (exact) mass is 404 g/mol. The fraction of sp³-hybridized carbons (Fsp3) is 0.348. The topological polar surface area (TPSA) is 80.2 Å². The first-order chi connectivity index (χ1) is 14.6. The summed E-state index contributed by atoms with van der Waals surface area (Å²) in [6, 6.07) is 14.5. The second kappa shape index (κ2) is 5.92. The third-order valence-electron chi connectivity index (χ3n) is 7.46. The highest BCUT2D eigenvalue weighted by Crippen LogP contribution is 2.52. The lowest BCUT2D eigenvalue weighted by Crippen LogP contribution is -3.19. The molecule has 2 aromatic rings. The van der Waals surface area contributed by atoms with Gasteiger partial charge in [-0.15, -0.1) is 0 Å². The number of fused-ring (bicyclic) bond motifs is 7. The molecule has 3 fully saturated rings. The minimum absolute atomic E-state index is 0.0217. The van der Waals surface area contributed by atoms with Gasteiger partial charge in [0.2, 0.25) is 17.4 Å². The van der Waals surface area contributed by atoms with Crippen LogP contribution in [0.2, 0.25) is 0 Å². The van der Waals surface area contributed by atoms with Crippen LogP contribution < -0.4 is 19.9 Å². The normalized spacial score (nSPS) is 33.6. The standard InChI is InChI=1S/C23H21N3O4/c1-30-14-10-8-13(9-11-14)26-20(27)18-17-7-4-12-25(17)23(19(18)21(26)28)15-5-2-3-6-16(15)24-22(23)29/h2-3,5-6,8-11,17-19H,4,7,12H2,1H3,(H,24,29)/p+1/t17-,18-,19+,23-/m1/s1. The van der Waals surface area contributed by atoms with Crippen molar-refractivity contribution in [3.05, 3.63) is 54.1 Å². The van der Waals surface area contributed by atoms with E-state index in [1.165, 1.54) is 4.90 Å². The van der Waals surface area contributed by atoms with E-state index in [0.717, 1.165) is 35.5 Å². The van der Waals surface area contributed by atoms with E-state index >= 15 is 0 Å². The Bertz CT molecular complexity index is 1100. The second-order valence-electron chi connectivity index (χ2n) is 8.55. The Hall–Kier alpha value is -3.19. The Kier molecular flexibility index (Phi) is 3.48. The van der Waals surface area contributed by atoms with E-state index in [-0.39, 0.29) is 23.8 Å². The molecular weight excluding hydrogens is 382 g/mol. The Labute approximate surface area is 173 Å². The number of methoxy groups -OCH3 is 1. The smallest absolute Gasteiger partial charge is 0.291 e. The predicted molar refractivity (Wildman–Crippen MR) is 108 cm³/mol. The summed E-state index contributed by atoms with van der Waals surface area (Å²) in [5, 5.41) is 3.00. The first kappa shape index (κ1) is 17.7. The zero-order valence-electron chi connectivity index (χ0n) is 16.6. The molecule has 2 N–H and O–H groups in total. The number of rotatable bonds is 2. The van der Waals surface area contributed by atoms with Gasteiger partial charge in [-0.3, -0.25) is 14.4 Å². The maximum absolute atomic E-state index is 13.8. The third-order valence-corrected chi connectivity index (χ3v) is 7.46. The summed E-state index contributed by atoms with van der Waals surface area (Å²) in [5.41, 5.74) is 1.10. The molecule has 4 heterocycles. The molecule has 5 atom stereocenters. The van der Waals surface area contributed by atoms with E-state index in [4.69, 9.17) is 4.74 Å². The molecule has 0 bridgehead atoms. The maximum Gasteiger partial charge on any atom is 0.291 e. The van der Waals surface area contributed by atoms with Gasteiger partial charge in [0.1, 0.15) is 23.6 Å². The van der Waals surface area contributed by atoms with E-state index < -0.39 is 17.4 Å². The molecule has 3 amide bonds. The van der Waals surface area contributed by atoms with Crippen molar-refractivity contribution in [3.63, 3.8) is 0 Å². The van der Waals surface area contributed by atoms with Gasteiger partial charge in [-0.2, -0.15) is 0 Å². The Morgan fingerprint density at radius 1 is 1.07 bits per heavy atom. The molecule has 0 saturated carbocycles. The SMILES string of the molecule is COc1ccc(N2C(=O)[C@@H]3[C@H]4CCC[NH+]4[C@@]4(C(=O)Nc5ccccc54)[C@@H]3C2=O)cc1. The van der Waals surface area contributed by atoms with Crippen molar-refractivity contribution >= 4 is 29.1 Å².